The summed E-state index contributed by atoms with van der Waals surface area (Å²) in [6.07, 6.45) is 3.80. The Balaban J connectivity index is 1.47. The fourth-order valence-corrected chi connectivity index (χ4v) is 3.76. The highest BCUT2D eigenvalue weighted by Crippen LogP contribution is 2.29. The molecule has 2 aromatic heterocycles. The van der Waals surface area contributed by atoms with Crippen LogP contribution in [0.1, 0.15) is 30.0 Å². The van der Waals surface area contributed by atoms with Crippen LogP contribution in [0.2, 0.25) is 0 Å². The molecule has 138 valence electrons. The molecule has 1 N–H and O–H groups in total. The first-order chi connectivity index (χ1) is 12.7. The number of ether oxygens (including phenoxy) is 1. The Morgan fingerprint density at radius 3 is 2.58 bits per heavy atom. The lowest BCUT2D eigenvalue weighted by Gasteiger charge is -2.34. The number of aromatic nitrogens is 3. The maximum Gasteiger partial charge on any atom is 0.248 e. The van der Waals surface area contributed by atoms with Gasteiger partial charge >= 0.3 is 0 Å². The second kappa shape index (κ2) is 7.45. The van der Waals surface area contributed by atoms with Crippen LogP contribution < -0.4 is 15.4 Å². The Hall–Kier alpha value is -2.41. The van der Waals surface area contributed by atoms with Crippen LogP contribution in [0.5, 0.6) is 0 Å². The molecule has 0 spiro atoms. The zero-order valence-electron chi connectivity index (χ0n) is 15.1. The third kappa shape index (κ3) is 3.72. The molecule has 7 nitrogen and oxygen atoms in total. The molecule has 0 bridgehead atoms. The molecular formula is C19H25N5O2. The van der Waals surface area contributed by atoms with Gasteiger partial charge in [-0.25, -0.2) is 4.98 Å². The second-order valence-corrected chi connectivity index (χ2v) is 7.01. The maximum atomic E-state index is 11.5. The predicted octanol–water partition coefficient (Wildman–Crippen LogP) is 1.69. The minimum atomic E-state index is -0.0218. The van der Waals surface area contributed by atoms with E-state index in [9.17, 15) is 4.79 Å². The standard InChI is InChI=1S/C19H25N5O2/c1-14-12-17(22-19(21-14)24-8-10-26-11-9-24)23-6-3-15(4-7-23)16-2-5-20-18(25)13-16/h2,5,12-13,15H,3-4,6-11H2,1H3,(H,20,25). The van der Waals surface area contributed by atoms with Gasteiger partial charge < -0.3 is 19.5 Å². The average Bonchev–Trinajstić information content (AvgIpc) is 2.68. The highest BCUT2D eigenvalue weighted by atomic mass is 16.5. The first kappa shape index (κ1) is 17.0. The summed E-state index contributed by atoms with van der Waals surface area (Å²) < 4.78 is 5.43. The van der Waals surface area contributed by atoms with Gasteiger partial charge in [0.05, 0.1) is 13.2 Å². The normalized spacial score (nSPS) is 19.0. The van der Waals surface area contributed by atoms with Gasteiger partial charge in [-0.1, -0.05) is 0 Å². The molecule has 2 aromatic rings. The highest BCUT2D eigenvalue weighted by Gasteiger charge is 2.23. The number of nitrogens with zero attached hydrogens (tertiary/aromatic N) is 4. The molecule has 0 radical (unpaired) electrons. The molecule has 0 aromatic carbocycles. The van der Waals surface area contributed by atoms with Crippen LogP contribution in [-0.4, -0.2) is 54.3 Å². The van der Waals surface area contributed by atoms with Gasteiger partial charge in [-0.3, -0.25) is 4.79 Å². The number of morpholine rings is 1. The Morgan fingerprint density at radius 2 is 1.85 bits per heavy atom. The molecule has 7 heteroatoms. The molecule has 0 aliphatic carbocycles. The SMILES string of the molecule is Cc1cc(N2CCC(c3cc[nH]c(=O)c3)CC2)nc(N2CCOCC2)n1. The van der Waals surface area contributed by atoms with Gasteiger partial charge in [-0.05, 0) is 37.3 Å². The summed E-state index contributed by atoms with van der Waals surface area (Å²) in [6, 6.07) is 5.82. The number of anilines is 2. The van der Waals surface area contributed by atoms with Crippen molar-refractivity contribution in [1.82, 2.24) is 15.0 Å². The van der Waals surface area contributed by atoms with E-state index in [0.29, 0.717) is 5.92 Å². The van der Waals surface area contributed by atoms with E-state index in [1.807, 2.05) is 13.0 Å². The van der Waals surface area contributed by atoms with Crippen molar-refractivity contribution in [2.24, 2.45) is 0 Å². The van der Waals surface area contributed by atoms with E-state index in [1.54, 1.807) is 12.3 Å². The quantitative estimate of drug-likeness (QED) is 0.903. The fraction of sp³-hybridized carbons (Fsp3) is 0.526. The molecule has 4 heterocycles. The number of pyridine rings is 1. The topological polar surface area (TPSA) is 74.4 Å². The molecule has 2 aliphatic rings. The number of nitrogens with one attached hydrogen (secondary N) is 1. The molecular weight excluding hydrogens is 330 g/mol. The minimum Gasteiger partial charge on any atom is -0.378 e. The van der Waals surface area contributed by atoms with Crippen LogP contribution in [0.25, 0.3) is 0 Å². The van der Waals surface area contributed by atoms with E-state index < -0.39 is 0 Å². The van der Waals surface area contributed by atoms with Gasteiger partial charge in [0.15, 0.2) is 0 Å². The summed E-state index contributed by atoms with van der Waals surface area (Å²) in [4.78, 5) is 28.2. The Kier molecular flexibility index (Phi) is 4.88. The van der Waals surface area contributed by atoms with Crippen molar-refractivity contribution in [2.75, 3.05) is 49.2 Å². The lowest BCUT2D eigenvalue weighted by Crippen LogP contribution is -2.38. The van der Waals surface area contributed by atoms with Gasteiger partial charge in [-0.15, -0.1) is 0 Å². The number of aromatic amines is 1. The number of H-pyrrole nitrogens is 1. The summed E-state index contributed by atoms with van der Waals surface area (Å²) in [5.74, 6) is 2.25. The van der Waals surface area contributed by atoms with Gasteiger partial charge in [0, 0.05) is 50.2 Å². The van der Waals surface area contributed by atoms with Crippen LogP contribution >= 0.6 is 0 Å². The van der Waals surface area contributed by atoms with Gasteiger partial charge in [0.1, 0.15) is 5.82 Å². The largest absolute Gasteiger partial charge is 0.378 e. The van der Waals surface area contributed by atoms with Crippen LogP contribution in [0.3, 0.4) is 0 Å². The predicted molar refractivity (Wildman–Crippen MR) is 101 cm³/mol. The minimum absolute atomic E-state index is 0.0218. The van der Waals surface area contributed by atoms with Crippen molar-refractivity contribution in [3.63, 3.8) is 0 Å². The van der Waals surface area contributed by atoms with E-state index in [2.05, 4.69) is 25.8 Å². The van der Waals surface area contributed by atoms with E-state index in [1.165, 1.54) is 0 Å². The third-order valence-corrected chi connectivity index (χ3v) is 5.21. The zero-order chi connectivity index (χ0) is 17.9. The molecule has 0 saturated carbocycles. The van der Waals surface area contributed by atoms with Crippen molar-refractivity contribution in [1.29, 1.82) is 0 Å². The van der Waals surface area contributed by atoms with Crippen molar-refractivity contribution in [3.8, 4) is 0 Å². The van der Waals surface area contributed by atoms with Crippen molar-refractivity contribution in [3.05, 3.63) is 46.0 Å². The number of aryl methyl sites for hydroxylation is 1. The summed E-state index contributed by atoms with van der Waals surface area (Å²) in [7, 11) is 0. The summed E-state index contributed by atoms with van der Waals surface area (Å²) in [5, 5.41) is 0. The molecule has 2 saturated heterocycles. The van der Waals surface area contributed by atoms with E-state index >= 15 is 0 Å². The number of hydrogen-bond acceptors (Lipinski definition) is 6. The first-order valence-corrected chi connectivity index (χ1v) is 9.31. The average molecular weight is 355 g/mol. The molecule has 0 amide bonds. The highest BCUT2D eigenvalue weighted by molar-refractivity contribution is 5.46. The summed E-state index contributed by atoms with van der Waals surface area (Å²) >= 11 is 0. The van der Waals surface area contributed by atoms with Crippen LogP contribution in [-0.2, 0) is 4.74 Å². The zero-order valence-corrected chi connectivity index (χ0v) is 15.1. The third-order valence-electron chi connectivity index (χ3n) is 5.21. The monoisotopic (exact) mass is 355 g/mol. The van der Waals surface area contributed by atoms with Crippen LogP contribution in [0, 0.1) is 6.92 Å². The molecule has 26 heavy (non-hydrogen) atoms. The van der Waals surface area contributed by atoms with E-state index in [0.717, 1.165) is 75.3 Å². The van der Waals surface area contributed by atoms with Crippen LogP contribution in [0.4, 0.5) is 11.8 Å². The van der Waals surface area contributed by atoms with E-state index in [4.69, 9.17) is 9.72 Å². The molecule has 4 rings (SSSR count). The van der Waals surface area contributed by atoms with Crippen LogP contribution in [0.15, 0.2) is 29.2 Å². The van der Waals surface area contributed by atoms with Crippen molar-refractivity contribution < 1.29 is 4.74 Å². The molecule has 0 unspecified atom stereocenters. The smallest absolute Gasteiger partial charge is 0.248 e. The maximum absolute atomic E-state index is 11.5. The van der Waals surface area contributed by atoms with Gasteiger partial charge in [0.2, 0.25) is 11.5 Å². The molecule has 2 aliphatic heterocycles. The Labute approximate surface area is 153 Å². The van der Waals surface area contributed by atoms with Crippen molar-refractivity contribution >= 4 is 11.8 Å². The molecule has 0 atom stereocenters. The fourth-order valence-electron chi connectivity index (χ4n) is 3.76. The lowest BCUT2D eigenvalue weighted by atomic mass is 9.90. The lowest BCUT2D eigenvalue weighted by molar-refractivity contribution is 0.122. The number of hydrogen-bond donors (Lipinski definition) is 1. The van der Waals surface area contributed by atoms with Gasteiger partial charge in [0.25, 0.3) is 0 Å². The summed E-state index contributed by atoms with van der Waals surface area (Å²) in [5.41, 5.74) is 2.11. The number of piperidine rings is 1. The Morgan fingerprint density at radius 1 is 1.08 bits per heavy atom. The molecule has 2 fully saturated rings. The Bertz CT molecular complexity index is 808. The summed E-state index contributed by atoms with van der Waals surface area (Å²) in [6.45, 7) is 7.05. The second-order valence-electron chi connectivity index (χ2n) is 7.01. The van der Waals surface area contributed by atoms with Gasteiger partial charge in [-0.2, -0.15) is 4.98 Å². The number of rotatable bonds is 3. The first-order valence-electron chi connectivity index (χ1n) is 9.31. The van der Waals surface area contributed by atoms with E-state index in [-0.39, 0.29) is 5.56 Å². The van der Waals surface area contributed by atoms with Crippen molar-refractivity contribution in [2.45, 2.75) is 25.7 Å².